The molecule has 14 heavy (non-hydrogen) atoms. The monoisotopic (exact) mass is 272 g/mol. The van der Waals surface area contributed by atoms with Crippen LogP contribution in [0, 0.1) is 5.82 Å². The average molecular weight is 273 g/mol. The summed E-state index contributed by atoms with van der Waals surface area (Å²) in [6, 6.07) is 4.91. The first-order valence-electron chi connectivity index (χ1n) is 3.83. The van der Waals surface area contributed by atoms with Gasteiger partial charge in [0.2, 0.25) is 0 Å². The molecule has 72 valence electrons. The van der Waals surface area contributed by atoms with Crippen LogP contribution in [-0.2, 0) is 0 Å². The van der Waals surface area contributed by atoms with Gasteiger partial charge in [0, 0.05) is 16.2 Å². The maximum atomic E-state index is 13.5. The molecule has 0 bridgehead atoms. The van der Waals surface area contributed by atoms with Gasteiger partial charge in [-0.3, -0.25) is 0 Å². The molecule has 0 atom stereocenters. The standard InChI is InChI=1S/C9H6BrFN2S/c10-5-1-2-6(7(11)3-5)8-4-13-9(12)14-8/h1-4H,(H2,12,13). The average Bonchev–Trinajstić information content (AvgIpc) is 2.51. The minimum Gasteiger partial charge on any atom is -0.375 e. The Morgan fingerprint density at radius 2 is 2.21 bits per heavy atom. The van der Waals surface area contributed by atoms with Crippen molar-refractivity contribution in [3.05, 3.63) is 34.7 Å². The Balaban J connectivity index is 2.52. The Hall–Kier alpha value is -0.940. The largest absolute Gasteiger partial charge is 0.375 e. The quantitative estimate of drug-likeness (QED) is 0.865. The predicted octanol–water partition coefficient (Wildman–Crippen LogP) is 3.29. The van der Waals surface area contributed by atoms with E-state index in [1.54, 1.807) is 18.3 Å². The van der Waals surface area contributed by atoms with E-state index in [4.69, 9.17) is 5.73 Å². The van der Waals surface area contributed by atoms with Gasteiger partial charge in [0.05, 0.1) is 4.88 Å². The first kappa shape index (κ1) is 9.61. The topological polar surface area (TPSA) is 38.9 Å². The lowest BCUT2D eigenvalue weighted by atomic mass is 10.2. The van der Waals surface area contributed by atoms with E-state index in [0.29, 0.717) is 10.7 Å². The lowest BCUT2D eigenvalue weighted by Crippen LogP contribution is -1.80. The number of rotatable bonds is 1. The second-order valence-corrected chi connectivity index (χ2v) is 4.66. The third-order valence-electron chi connectivity index (χ3n) is 1.72. The molecule has 0 aliphatic carbocycles. The number of nitrogen functional groups attached to an aromatic ring is 1. The van der Waals surface area contributed by atoms with E-state index in [1.165, 1.54) is 17.4 Å². The zero-order chi connectivity index (χ0) is 10.1. The van der Waals surface area contributed by atoms with Crippen molar-refractivity contribution in [3.8, 4) is 10.4 Å². The number of nitrogens with two attached hydrogens (primary N) is 1. The number of anilines is 1. The van der Waals surface area contributed by atoms with Crippen LogP contribution in [0.1, 0.15) is 0 Å². The Labute approximate surface area is 92.7 Å². The smallest absolute Gasteiger partial charge is 0.180 e. The normalized spacial score (nSPS) is 10.4. The van der Waals surface area contributed by atoms with E-state index in [2.05, 4.69) is 20.9 Å². The highest BCUT2D eigenvalue weighted by molar-refractivity contribution is 9.10. The molecule has 0 fully saturated rings. The van der Waals surface area contributed by atoms with E-state index in [9.17, 15) is 4.39 Å². The maximum Gasteiger partial charge on any atom is 0.180 e. The highest BCUT2D eigenvalue weighted by Crippen LogP contribution is 2.30. The summed E-state index contributed by atoms with van der Waals surface area (Å²) in [5.74, 6) is -0.275. The molecule has 0 unspecified atom stereocenters. The molecule has 5 heteroatoms. The van der Waals surface area contributed by atoms with Gasteiger partial charge in [-0.1, -0.05) is 27.3 Å². The molecule has 1 aromatic carbocycles. The number of halogens is 2. The summed E-state index contributed by atoms with van der Waals surface area (Å²) in [7, 11) is 0. The van der Waals surface area contributed by atoms with E-state index in [-0.39, 0.29) is 5.82 Å². The predicted molar refractivity (Wildman–Crippen MR) is 59.6 cm³/mol. The van der Waals surface area contributed by atoms with Gasteiger partial charge < -0.3 is 5.73 Å². The number of hydrogen-bond donors (Lipinski definition) is 1. The lowest BCUT2D eigenvalue weighted by Gasteiger charge is -1.99. The molecular formula is C9H6BrFN2S. The molecule has 0 aliphatic heterocycles. The minimum absolute atomic E-state index is 0.275. The van der Waals surface area contributed by atoms with Crippen LogP contribution in [-0.4, -0.2) is 4.98 Å². The van der Waals surface area contributed by atoms with Crippen molar-refractivity contribution in [2.24, 2.45) is 0 Å². The SMILES string of the molecule is Nc1ncc(-c2ccc(Br)cc2F)s1. The Morgan fingerprint density at radius 3 is 2.79 bits per heavy atom. The highest BCUT2D eigenvalue weighted by atomic mass is 79.9. The minimum atomic E-state index is -0.275. The molecule has 0 spiro atoms. The van der Waals surface area contributed by atoms with Crippen LogP contribution >= 0.6 is 27.3 Å². The van der Waals surface area contributed by atoms with Crippen molar-refractivity contribution in [1.82, 2.24) is 4.98 Å². The van der Waals surface area contributed by atoms with Crippen LogP contribution in [0.15, 0.2) is 28.9 Å². The Morgan fingerprint density at radius 1 is 1.43 bits per heavy atom. The first-order chi connectivity index (χ1) is 6.66. The van der Waals surface area contributed by atoms with Crippen molar-refractivity contribution < 1.29 is 4.39 Å². The summed E-state index contributed by atoms with van der Waals surface area (Å²) in [6.07, 6.45) is 1.58. The second-order valence-electron chi connectivity index (χ2n) is 2.69. The van der Waals surface area contributed by atoms with E-state index < -0.39 is 0 Å². The lowest BCUT2D eigenvalue weighted by molar-refractivity contribution is 0.631. The van der Waals surface area contributed by atoms with Crippen molar-refractivity contribution in [2.45, 2.75) is 0 Å². The zero-order valence-electron chi connectivity index (χ0n) is 7.00. The van der Waals surface area contributed by atoms with Gasteiger partial charge in [0.15, 0.2) is 5.13 Å². The number of aromatic nitrogens is 1. The molecule has 0 saturated heterocycles. The second kappa shape index (κ2) is 3.67. The molecule has 1 heterocycles. The molecule has 2 aromatic rings. The number of hydrogen-bond acceptors (Lipinski definition) is 3. The molecule has 1 aromatic heterocycles. The summed E-state index contributed by atoms with van der Waals surface area (Å²) < 4.78 is 14.2. The van der Waals surface area contributed by atoms with Crippen LogP contribution in [0.25, 0.3) is 10.4 Å². The van der Waals surface area contributed by atoms with Crippen LogP contribution in [0.5, 0.6) is 0 Å². The van der Waals surface area contributed by atoms with Crippen LogP contribution in [0.2, 0.25) is 0 Å². The van der Waals surface area contributed by atoms with Gasteiger partial charge in [-0.05, 0) is 18.2 Å². The van der Waals surface area contributed by atoms with Crippen LogP contribution < -0.4 is 5.73 Å². The zero-order valence-corrected chi connectivity index (χ0v) is 9.40. The molecule has 0 aliphatic rings. The number of nitrogens with zero attached hydrogens (tertiary/aromatic N) is 1. The fourth-order valence-electron chi connectivity index (χ4n) is 1.10. The van der Waals surface area contributed by atoms with E-state index >= 15 is 0 Å². The summed E-state index contributed by atoms with van der Waals surface area (Å²) in [5, 5.41) is 0.447. The summed E-state index contributed by atoms with van der Waals surface area (Å²) >= 11 is 4.47. The van der Waals surface area contributed by atoms with Crippen molar-refractivity contribution in [1.29, 1.82) is 0 Å². The third-order valence-corrected chi connectivity index (χ3v) is 3.07. The Bertz CT molecular complexity index is 470. The van der Waals surface area contributed by atoms with Crippen molar-refractivity contribution >= 4 is 32.4 Å². The summed E-state index contributed by atoms with van der Waals surface area (Å²) in [5.41, 5.74) is 6.00. The van der Waals surface area contributed by atoms with Gasteiger partial charge in [-0.25, -0.2) is 9.37 Å². The number of benzene rings is 1. The van der Waals surface area contributed by atoms with Gasteiger partial charge in [0.25, 0.3) is 0 Å². The van der Waals surface area contributed by atoms with Gasteiger partial charge in [-0.15, -0.1) is 0 Å². The Kier molecular flexibility index (Phi) is 2.52. The molecule has 2 rings (SSSR count). The fourth-order valence-corrected chi connectivity index (χ4v) is 2.15. The van der Waals surface area contributed by atoms with Crippen LogP contribution in [0.4, 0.5) is 9.52 Å². The fraction of sp³-hybridized carbons (Fsp3) is 0. The van der Waals surface area contributed by atoms with Crippen molar-refractivity contribution in [3.63, 3.8) is 0 Å². The molecule has 0 radical (unpaired) electrons. The van der Waals surface area contributed by atoms with Gasteiger partial charge >= 0.3 is 0 Å². The molecule has 2 nitrogen and oxygen atoms in total. The number of thiazole rings is 1. The summed E-state index contributed by atoms with van der Waals surface area (Å²) in [6.45, 7) is 0. The third kappa shape index (κ3) is 1.78. The van der Waals surface area contributed by atoms with E-state index in [1.807, 2.05) is 0 Å². The molecule has 0 saturated carbocycles. The first-order valence-corrected chi connectivity index (χ1v) is 5.44. The van der Waals surface area contributed by atoms with Crippen molar-refractivity contribution in [2.75, 3.05) is 5.73 Å². The molecule has 2 N–H and O–H groups in total. The summed E-state index contributed by atoms with van der Waals surface area (Å²) in [4.78, 5) is 4.62. The molecule has 0 amide bonds. The molecular weight excluding hydrogens is 267 g/mol. The maximum absolute atomic E-state index is 13.5. The van der Waals surface area contributed by atoms with E-state index in [0.717, 1.165) is 9.35 Å². The van der Waals surface area contributed by atoms with Gasteiger partial charge in [0.1, 0.15) is 5.82 Å². The van der Waals surface area contributed by atoms with Gasteiger partial charge in [-0.2, -0.15) is 0 Å². The highest BCUT2D eigenvalue weighted by Gasteiger charge is 2.08. The van der Waals surface area contributed by atoms with Crippen LogP contribution in [0.3, 0.4) is 0 Å².